The number of fused-ring (bicyclic) bond motifs is 1. The molecule has 5 heteroatoms. The second kappa shape index (κ2) is 7.19. The lowest BCUT2D eigenvalue weighted by molar-refractivity contribution is -0.119. The van der Waals surface area contributed by atoms with Crippen molar-refractivity contribution in [2.75, 3.05) is 5.32 Å². The fourth-order valence-electron chi connectivity index (χ4n) is 2.45. The Balaban J connectivity index is 1.69. The van der Waals surface area contributed by atoms with Gasteiger partial charge in [0.05, 0.1) is 17.6 Å². The number of nitrogens with zero attached hydrogens (tertiary/aromatic N) is 1. The summed E-state index contributed by atoms with van der Waals surface area (Å²) in [7, 11) is 0. The minimum absolute atomic E-state index is 0.150. The Kier molecular flexibility index (Phi) is 4.82. The summed E-state index contributed by atoms with van der Waals surface area (Å²) in [4.78, 5) is 16.6. The number of carbonyl (C=O) groups is 1. The Morgan fingerprint density at radius 3 is 2.62 bits per heavy atom. The number of pyridine rings is 1. The molecule has 2 aromatic carbocycles. The van der Waals surface area contributed by atoms with Gasteiger partial charge in [-0.05, 0) is 36.8 Å². The monoisotopic (exact) mass is 335 g/mol. The Morgan fingerprint density at radius 1 is 1.04 bits per heavy atom. The third kappa shape index (κ3) is 3.94. The molecule has 1 amide bonds. The summed E-state index contributed by atoms with van der Waals surface area (Å²) in [6.45, 7) is 1.94. The molecule has 1 heterocycles. The summed E-state index contributed by atoms with van der Waals surface area (Å²) >= 11 is 5.25. The van der Waals surface area contributed by atoms with Gasteiger partial charge in [0, 0.05) is 11.1 Å². The Bertz CT molecular complexity index is 894. The molecule has 2 N–H and O–H groups in total. The maximum atomic E-state index is 12.1. The molecule has 0 saturated carbocycles. The van der Waals surface area contributed by atoms with Gasteiger partial charge in [0.1, 0.15) is 0 Å². The number of aromatic nitrogens is 1. The first-order valence-electron chi connectivity index (χ1n) is 7.63. The predicted molar refractivity (Wildman–Crippen MR) is 101 cm³/mol. The first-order valence-corrected chi connectivity index (χ1v) is 8.04. The van der Waals surface area contributed by atoms with Crippen LogP contribution in [0, 0.1) is 6.92 Å². The van der Waals surface area contributed by atoms with Gasteiger partial charge in [0.15, 0.2) is 5.11 Å². The van der Waals surface area contributed by atoms with E-state index in [4.69, 9.17) is 12.2 Å². The molecule has 120 valence electrons. The molecule has 0 radical (unpaired) electrons. The Morgan fingerprint density at radius 2 is 1.83 bits per heavy atom. The van der Waals surface area contributed by atoms with E-state index in [-0.39, 0.29) is 17.4 Å². The fraction of sp³-hybridized carbons (Fsp3) is 0.105. The van der Waals surface area contributed by atoms with Crippen LogP contribution in [0.25, 0.3) is 10.9 Å². The van der Waals surface area contributed by atoms with E-state index in [2.05, 4.69) is 15.6 Å². The summed E-state index contributed by atoms with van der Waals surface area (Å²) < 4.78 is 0. The SMILES string of the molecule is Cc1ccc2cccc(NC(=S)NC(=O)Cc3ccccc3)c2n1. The molecule has 24 heavy (non-hydrogen) atoms. The average molecular weight is 335 g/mol. The number of carbonyl (C=O) groups excluding carboxylic acids is 1. The van der Waals surface area contributed by atoms with Gasteiger partial charge in [-0.1, -0.05) is 48.5 Å². The lowest BCUT2D eigenvalue weighted by atomic mass is 10.1. The Hall–Kier alpha value is -2.79. The molecule has 0 unspecified atom stereocenters. The number of hydrogen-bond donors (Lipinski definition) is 2. The summed E-state index contributed by atoms with van der Waals surface area (Å²) in [5.74, 6) is -0.150. The highest BCUT2D eigenvalue weighted by molar-refractivity contribution is 7.80. The number of para-hydroxylation sites is 1. The quantitative estimate of drug-likeness (QED) is 0.718. The second-order valence-corrected chi connectivity index (χ2v) is 5.90. The third-order valence-electron chi connectivity index (χ3n) is 3.57. The van der Waals surface area contributed by atoms with Gasteiger partial charge in [-0.25, -0.2) is 0 Å². The maximum absolute atomic E-state index is 12.1. The number of thiocarbonyl (C=S) groups is 1. The van der Waals surface area contributed by atoms with Gasteiger partial charge in [0.2, 0.25) is 5.91 Å². The van der Waals surface area contributed by atoms with Crippen LogP contribution in [0.5, 0.6) is 0 Å². The molecule has 0 aliphatic rings. The second-order valence-electron chi connectivity index (χ2n) is 5.49. The average Bonchev–Trinajstić information content (AvgIpc) is 2.56. The number of hydrogen-bond acceptors (Lipinski definition) is 3. The molecule has 0 aliphatic heterocycles. The topological polar surface area (TPSA) is 54.0 Å². The highest BCUT2D eigenvalue weighted by Gasteiger charge is 2.08. The van der Waals surface area contributed by atoms with Crippen LogP contribution in [0.2, 0.25) is 0 Å². The lowest BCUT2D eigenvalue weighted by Gasteiger charge is -2.11. The zero-order valence-electron chi connectivity index (χ0n) is 13.2. The van der Waals surface area contributed by atoms with Crippen molar-refractivity contribution in [2.45, 2.75) is 13.3 Å². The van der Waals surface area contributed by atoms with Crippen LogP contribution in [-0.2, 0) is 11.2 Å². The minimum Gasteiger partial charge on any atom is -0.331 e. The third-order valence-corrected chi connectivity index (χ3v) is 3.77. The fourth-order valence-corrected chi connectivity index (χ4v) is 2.67. The van der Waals surface area contributed by atoms with Crippen LogP contribution < -0.4 is 10.6 Å². The number of nitrogens with one attached hydrogen (secondary N) is 2. The van der Waals surface area contributed by atoms with Crippen LogP contribution >= 0.6 is 12.2 Å². The maximum Gasteiger partial charge on any atom is 0.230 e. The van der Waals surface area contributed by atoms with E-state index in [1.165, 1.54) is 0 Å². The van der Waals surface area contributed by atoms with E-state index in [9.17, 15) is 4.79 Å². The van der Waals surface area contributed by atoms with Crippen molar-refractivity contribution >= 4 is 39.8 Å². The van der Waals surface area contributed by atoms with Crippen LogP contribution in [-0.4, -0.2) is 16.0 Å². The molecule has 0 atom stereocenters. The summed E-state index contributed by atoms with van der Waals surface area (Å²) in [6, 6.07) is 19.3. The van der Waals surface area contributed by atoms with Gasteiger partial charge in [-0.3, -0.25) is 9.78 Å². The normalized spacial score (nSPS) is 10.4. The minimum atomic E-state index is -0.150. The van der Waals surface area contributed by atoms with Crippen LogP contribution in [0.1, 0.15) is 11.3 Å². The Labute approximate surface area is 145 Å². The molecular formula is C19H17N3OS. The molecule has 0 spiro atoms. The first kappa shape index (κ1) is 16.1. The summed E-state index contributed by atoms with van der Waals surface area (Å²) in [5, 5.41) is 7.06. The zero-order chi connectivity index (χ0) is 16.9. The van der Waals surface area contributed by atoms with Crippen molar-refractivity contribution in [3.8, 4) is 0 Å². The van der Waals surface area contributed by atoms with Crippen LogP contribution in [0.15, 0.2) is 60.7 Å². The molecule has 1 aromatic heterocycles. The predicted octanol–water partition coefficient (Wildman–Crippen LogP) is 3.60. The van der Waals surface area contributed by atoms with Gasteiger partial charge in [-0.15, -0.1) is 0 Å². The van der Waals surface area contributed by atoms with Crippen molar-refractivity contribution in [1.82, 2.24) is 10.3 Å². The van der Waals surface area contributed by atoms with Crippen LogP contribution in [0.3, 0.4) is 0 Å². The number of benzene rings is 2. The van der Waals surface area contributed by atoms with E-state index in [1.54, 1.807) is 0 Å². The van der Waals surface area contributed by atoms with E-state index in [0.717, 1.165) is 27.8 Å². The lowest BCUT2D eigenvalue weighted by Crippen LogP contribution is -2.35. The van der Waals surface area contributed by atoms with E-state index in [1.807, 2.05) is 67.6 Å². The van der Waals surface area contributed by atoms with Gasteiger partial charge in [0.25, 0.3) is 0 Å². The molecule has 3 aromatic rings. The molecule has 0 saturated heterocycles. The largest absolute Gasteiger partial charge is 0.331 e. The number of rotatable bonds is 3. The molecule has 0 bridgehead atoms. The highest BCUT2D eigenvalue weighted by atomic mass is 32.1. The summed E-state index contributed by atoms with van der Waals surface area (Å²) in [6.07, 6.45) is 0.287. The number of anilines is 1. The molecular weight excluding hydrogens is 318 g/mol. The molecule has 0 aliphatic carbocycles. The molecule has 3 rings (SSSR count). The van der Waals surface area contributed by atoms with Crippen molar-refractivity contribution in [2.24, 2.45) is 0 Å². The van der Waals surface area contributed by atoms with E-state index >= 15 is 0 Å². The van der Waals surface area contributed by atoms with Crippen LogP contribution in [0.4, 0.5) is 5.69 Å². The van der Waals surface area contributed by atoms with Crippen molar-refractivity contribution in [1.29, 1.82) is 0 Å². The number of amides is 1. The molecule has 0 fully saturated rings. The standard InChI is InChI=1S/C19H17N3OS/c1-13-10-11-15-8-5-9-16(18(15)20-13)21-19(24)22-17(23)12-14-6-3-2-4-7-14/h2-11H,12H2,1H3,(H2,21,22,23,24). The smallest absolute Gasteiger partial charge is 0.230 e. The summed E-state index contributed by atoms with van der Waals surface area (Å²) in [5.41, 5.74) is 3.48. The zero-order valence-corrected chi connectivity index (χ0v) is 14.1. The van der Waals surface area contributed by atoms with Crippen molar-refractivity contribution in [3.63, 3.8) is 0 Å². The van der Waals surface area contributed by atoms with Gasteiger partial charge >= 0.3 is 0 Å². The first-order chi connectivity index (χ1) is 11.6. The van der Waals surface area contributed by atoms with Gasteiger partial charge in [-0.2, -0.15) is 0 Å². The number of aryl methyl sites for hydroxylation is 1. The van der Waals surface area contributed by atoms with Gasteiger partial charge < -0.3 is 10.6 Å². The van der Waals surface area contributed by atoms with Crippen molar-refractivity contribution in [3.05, 3.63) is 71.9 Å². The van der Waals surface area contributed by atoms with E-state index in [0.29, 0.717) is 0 Å². The van der Waals surface area contributed by atoms with E-state index < -0.39 is 0 Å². The highest BCUT2D eigenvalue weighted by Crippen LogP contribution is 2.21. The van der Waals surface area contributed by atoms with Crippen molar-refractivity contribution < 1.29 is 4.79 Å². The molecule has 4 nitrogen and oxygen atoms in total.